The van der Waals surface area contributed by atoms with E-state index in [4.69, 9.17) is 5.73 Å². The zero-order chi connectivity index (χ0) is 12.3. The first-order valence-electron chi connectivity index (χ1n) is 5.13. The van der Waals surface area contributed by atoms with Crippen LogP contribution >= 0.6 is 31.9 Å². The molecule has 2 N–H and O–H groups in total. The van der Waals surface area contributed by atoms with Crippen molar-refractivity contribution in [1.29, 1.82) is 0 Å². The third-order valence-electron chi connectivity index (χ3n) is 2.34. The molecule has 0 saturated heterocycles. The topological polar surface area (TPSA) is 51.8 Å². The lowest BCUT2D eigenvalue weighted by molar-refractivity contribution is 0.679. The number of nitrogens with two attached hydrogens (primary N) is 1. The summed E-state index contributed by atoms with van der Waals surface area (Å²) in [5.74, 6) is 0. The van der Waals surface area contributed by atoms with Crippen LogP contribution in [0, 0.1) is 0 Å². The molecule has 0 fully saturated rings. The molecule has 0 aliphatic heterocycles. The van der Waals surface area contributed by atoms with Gasteiger partial charge in [0, 0.05) is 33.5 Å². The Balaban J connectivity index is 2.17. The number of halogens is 2. The molecule has 0 amide bonds. The third-order valence-corrected chi connectivity index (χ3v) is 3.41. The second kappa shape index (κ2) is 5.71. The van der Waals surface area contributed by atoms with E-state index in [-0.39, 0.29) is 6.04 Å². The summed E-state index contributed by atoms with van der Waals surface area (Å²) in [6.45, 7) is 0. The summed E-state index contributed by atoms with van der Waals surface area (Å²) < 4.78 is 1.84. The Morgan fingerprint density at radius 2 is 2.06 bits per heavy atom. The number of hydrogen-bond donors (Lipinski definition) is 1. The standard InChI is InChI=1S/C12H11Br2N3/c13-8-5-10(14)12(17-7-8)11(15)6-9-3-1-2-4-16-9/h1-5,7,11H,6,15H2. The first-order chi connectivity index (χ1) is 8.16. The molecule has 3 nitrogen and oxygen atoms in total. The Kier molecular flexibility index (Phi) is 4.25. The van der Waals surface area contributed by atoms with E-state index in [1.165, 1.54) is 0 Å². The Hall–Kier alpha value is -0.780. The normalized spacial score (nSPS) is 12.4. The Morgan fingerprint density at radius 1 is 1.24 bits per heavy atom. The van der Waals surface area contributed by atoms with Crippen LogP contribution in [0.5, 0.6) is 0 Å². The Labute approximate surface area is 117 Å². The number of hydrogen-bond acceptors (Lipinski definition) is 3. The minimum Gasteiger partial charge on any atom is -0.322 e. The van der Waals surface area contributed by atoms with Gasteiger partial charge in [-0.3, -0.25) is 9.97 Å². The van der Waals surface area contributed by atoms with Gasteiger partial charge < -0.3 is 5.73 Å². The zero-order valence-corrected chi connectivity index (χ0v) is 12.1. The SMILES string of the molecule is NC(Cc1ccccn1)c1ncc(Br)cc1Br. The molecule has 1 atom stereocenters. The van der Waals surface area contributed by atoms with Gasteiger partial charge in [-0.25, -0.2) is 0 Å². The van der Waals surface area contributed by atoms with Gasteiger partial charge in [-0.2, -0.15) is 0 Å². The van der Waals surface area contributed by atoms with Crippen LogP contribution in [0.15, 0.2) is 45.6 Å². The molecular weight excluding hydrogens is 346 g/mol. The molecule has 1 unspecified atom stereocenters. The number of nitrogens with zero attached hydrogens (tertiary/aromatic N) is 2. The molecule has 2 rings (SSSR count). The van der Waals surface area contributed by atoms with E-state index >= 15 is 0 Å². The second-order valence-electron chi connectivity index (χ2n) is 3.65. The predicted octanol–water partition coefficient (Wildman–Crippen LogP) is 3.24. The van der Waals surface area contributed by atoms with Crippen LogP contribution in [0.4, 0.5) is 0 Å². The second-order valence-corrected chi connectivity index (χ2v) is 5.42. The molecule has 0 radical (unpaired) electrons. The molecule has 2 aromatic rings. The highest BCUT2D eigenvalue weighted by Crippen LogP contribution is 2.24. The maximum absolute atomic E-state index is 6.13. The largest absolute Gasteiger partial charge is 0.322 e. The average Bonchev–Trinajstić information content (AvgIpc) is 2.30. The highest BCUT2D eigenvalue weighted by molar-refractivity contribution is 9.11. The number of pyridine rings is 2. The van der Waals surface area contributed by atoms with Gasteiger partial charge in [0.15, 0.2) is 0 Å². The first kappa shape index (κ1) is 12.7. The molecule has 0 aromatic carbocycles. The zero-order valence-electron chi connectivity index (χ0n) is 8.98. The highest BCUT2D eigenvalue weighted by Gasteiger charge is 2.13. The van der Waals surface area contributed by atoms with E-state index in [0.717, 1.165) is 20.3 Å². The van der Waals surface area contributed by atoms with E-state index in [1.807, 2.05) is 24.3 Å². The summed E-state index contributed by atoms with van der Waals surface area (Å²) in [7, 11) is 0. The minimum atomic E-state index is -0.160. The van der Waals surface area contributed by atoms with Crippen LogP contribution in [0.2, 0.25) is 0 Å². The van der Waals surface area contributed by atoms with Gasteiger partial charge in [-0.15, -0.1) is 0 Å². The lowest BCUT2D eigenvalue weighted by atomic mass is 10.1. The number of aromatic nitrogens is 2. The summed E-state index contributed by atoms with van der Waals surface area (Å²) in [5, 5.41) is 0. The van der Waals surface area contributed by atoms with Crippen molar-refractivity contribution in [2.45, 2.75) is 12.5 Å². The summed E-state index contributed by atoms with van der Waals surface area (Å²) in [6, 6.07) is 7.60. The molecular formula is C12H11Br2N3. The molecule has 5 heteroatoms. The fraction of sp³-hybridized carbons (Fsp3) is 0.167. The fourth-order valence-electron chi connectivity index (χ4n) is 1.54. The van der Waals surface area contributed by atoms with Gasteiger partial charge in [0.25, 0.3) is 0 Å². The summed E-state index contributed by atoms with van der Waals surface area (Å²) in [6.07, 6.45) is 4.19. The molecule has 0 aliphatic carbocycles. The van der Waals surface area contributed by atoms with Crippen molar-refractivity contribution < 1.29 is 0 Å². The average molecular weight is 357 g/mol. The van der Waals surface area contributed by atoms with Crippen LogP contribution < -0.4 is 5.73 Å². The maximum Gasteiger partial charge on any atom is 0.0717 e. The van der Waals surface area contributed by atoms with Gasteiger partial charge in [-0.05, 0) is 50.1 Å². The quantitative estimate of drug-likeness (QED) is 0.918. The lowest BCUT2D eigenvalue weighted by Crippen LogP contribution is -2.16. The van der Waals surface area contributed by atoms with Crippen molar-refractivity contribution in [2.24, 2.45) is 5.73 Å². The third kappa shape index (κ3) is 3.34. The molecule has 0 aliphatic rings. The van der Waals surface area contributed by atoms with E-state index in [1.54, 1.807) is 12.4 Å². The van der Waals surface area contributed by atoms with Crippen molar-refractivity contribution in [1.82, 2.24) is 9.97 Å². The van der Waals surface area contributed by atoms with E-state index in [9.17, 15) is 0 Å². The van der Waals surface area contributed by atoms with Gasteiger partial charge in [0.05, 0.1) is 11.7 Å². The smallest absolute Gasteiger partial charge is 0.0717 e. The molecule has 0 bridgehead atoms. The van der Waals surface area contributed by atoms with Crippen molar-refractivity contribution in [3.05, 3.63) is 57.0 Å². The minimum absolute atomic E-state index is 0.160. The molecule has 88 valence electrons. The van der Waals surface area contributed by atoms with Gasteiger partial charge in [-0.1, -0.05) is 6.07 Å². The first-order valence-corrected chi connectivity index (χ1v) is 6.72. The lowest BCUT2D eigenvalue weighted by Gasteiger charge is -2.12. The highest BCUT2D eigenvalue weighted by atomic mass is 79.9. The van der Waals surface area contributed by atoms with Crippen LogP contribution in [0.25, 0.3) is 0 Å². The predicted molar refractivity (Wildman–Crippen MR) is 74.5 cm³/mol. The van der Waals surface area contributed by atoms with Crippen LogP contribution in [-0.4, -0.2) is 9.97 Å². The molecule has 0 spiro atoms. The number of rotatable bonds is 3. The van der Waals surface area contributed by atoms with E-state index in [0.29, 0.717) is 6.42 Å². The Morgan fingerprint density at radius 3 is 2.71 bits per heavy atom. The summed E-state index contributed by atoms with van der Waals surface area (Å²) >= 11 is 6.83. The van der Waals surface area contributed by atoms with Crippen molar-refractivity contribution in [2.75, 3.05) is 0 Å². The van der Waals surface area contributed by atoms with Gasteiger partial charge in [0.1, 0.15) is 0 Å². The van der Waals surface area contributed by atoms with Crippen LogP contribution in [0.3, 0.4) is 0 Å². The fourth-order valence-corrected chi connectivity index (χ4v) is 2.82. The van der Waals surface area contributed by atoms with E-state index in [2.05, 4.69) is 41.8 Å². The monoisotopic (exact) mass is 355 g/mol. The Bertz CT molecular complexity index is 502. The maximum atomic E-state index is 6.13. The summed E-state index contributed by atoms with van der Waals surface area (Å²) in [4.78, 5) is 8.59. The van der Waals surface area contributed by atoms with Crippen LogP contribution in [0.1, 0.15) is 17.4 Å². The molecule has 17 heavy (non-hydrogen) atoms. The molecule has 2 aromatic heterocycles. The van der Waals surface area contributed by atoms with Crippen molar-refractivity contribution >= 4 is 31.9 Å². The van der Waals surface area contributed by atoms with E-state index < -0.39 is 0 Å². The van der Waals surface area contributed by atoms with Gasteiger partial charge >= 0.3 is 0 Å². The summed E-state index contributed by atoms with van der Waals surface area (Å²) in [5.41, 5.74) is 7.95. The van der Waals surface area contributed by atoms with Crippen molar-refractivity contribution in [3.63, 3.8) is 0 Å². The molecule has 2 heterocycles. The molecule has 0 saturated carbocycles. The van der Waals surface area contributed by atoms with Gasteiger partial charge in [0.2, 0.25) is 0 Å². The van der Waals surface area contributed by atoms with Crippen molar-refractivity contribution in [3.8, 4) is 0 Å². The van der Waals surface area contributed by atoms with Crippen LogP contribution in [-0.2, 0) is 6.42 Å².